The van der Waals surface area contributed by atoms with E-state index in [-0.39, 0.29) is 19.4 Å². The van der Waals surface area contributed by atoms with Gasteiger partial charge in [0.2, 0.25) is 0 Å². The normalized spacial score (nSPS) is 10.3. The van der Waals surface area contributed by atoms with Crippen LogP contribution in [-0.2, 0) is 29.1 Å². The molecular formula is C88H75Br4N23O6. The number of nitrogens with two attached hydrogens (primary N) is 1. The molecule has 0 aliphatic carbocycles. The topological polar surface area (TPSA) is 375 Å². The van der Waals surface area contributed by atoms with Gasteiger partial charge in [0, 0.05) is 135 Å². The largest absolute Gasteiger partial charge is 0.465 e. The van der Waals surface area contributed by atoms with Gasteiger partial charge in [0.1, 0.15) is 39.5 Å². The fourth-order valence-electron chi connectivity index (χ4n) is 11.4. The van der Waals surface area contributed by atoms with Crippen LogP contribution in [0.4, 0.5) is 52.4 Å². The number of nitrogens with zero attached hydrogens (tertiary/aromatic N) is 18. The van der Waals surface area contributed by atoms with Crippen LogP contribution in [0.25, 0.3) is 44.1 Å². The van der Waals surface area contributed by atoms with E-state index in [0.29, 0.717) is 65.4 Å². The molecule has 0 aliphatic heterocycles. The molecular weight excluding hydrogens is 1790 g/mol. The van der Waals surface area contributed by atoms with E-state index in [1.54, 1.807) is 160 Å². The maximum Gasteiger partial charge on any atom is 0.337 e. The van der Waals surface area contributed by atoms with Crippen molar-refractivity contribution >= 4 is 156 Å². The number of aromatic nitrogens is 17. The van der Waals surface area contributed by atoms with Gasteiger partial charge < -0.3 is 45.2 Å². The molecule has 1 amide bonds. The lowest BCUT2D eigenvalue weighted by Crippen LogP contribution is -2.20. The first kappa shape index (κ1) is 87.5. The van der Waals surface area contributed by atoms with Crippen LogP contribution in [0.2, 0.25) is 0 Å². The quantitative estimate of drug-likeness (QED) is 0.0189. The van der Waals surface area contributed by atoms with Crippen LogP contribution in [-0.4, -0.2) is 122 Å². The molecule has 12 aromatic heterocycles. The number of pyridine rings is 5. The van der Waals surface area contributed by atoms with Gasteiger partial charge in [-0.05, 0) is 199 Å². The molecule has 0 unspecified atom stereocenters. The zero-order chi connectivity index (χ0) is 83.8. The first-order valence-electron chi connectivity index (χ1n) is 36.2. The third-order valence-electron chi connectivity index (χ3n) is 17.2. The molecule has 0 spiro atoms. The number of nitrogens with one attached hydrogen (secondary N) is 4. The molecule has 5 aromatic carbocycles. The Bertz CT molecular complexity index is 5900. The predicted molar refractivity (Wildman–Crippen MR) is 480 cm³/mol. The van der Waals surface area contributed by atoms with Gasteiger partial charge >= 0.3 is 11.9 Å². The summed E-state index contributed by atoms with van der Waals surface area (Å²) < 4.78 is 13.3. The minimum absolute atomic E-state index is 0. The molecule has 606 valence electrons. The number of carbonyl (C=O) groups is 3. The standard InChI is InChI=1S/C26H21N5O2.C25H20N6O2.C18H15BrN4O2.C9H7BrN4.C5H3Br2N.C4H5N3.CH4/c1-33-26(32)19-4-2-18(3-5-19)17-31(25-16-27-12-13-30-25)24-15-21(8-11-29-24)20-6-7-23-22(14-20)9-10-28-23;32-25(30-33)18-3-1-17(2-4-18)16-31(24-15-26-11-12-29-24)23-14-20(7-10-28-23)19-5-6-22-21(13-19)8-9-27-22;1-25-18(24)14-4-2-13(3-5-14)12-23(17-11-20-8-9-22-17)16-10-15(19)6-7-21-16;10-7-1-2-12-8(5-7)14-9-6-11-3-4-13-9;6-4-1-2-8-5(7)3-4;5-4-3-6-1-2-7-4;/h2-16,28H,17H2,1H3;1-15,27,33H,16H2,(H,30,32);2-11H,12H2,1H3;1-6H,(H,12,13,14);1-3H;1-3H,(H2,5,7);1H4. The number of carbonyl (C=O) groups excluding carboxylic acids is 3. The molecule has 17 aromatic rings. The molecule has 0 radical (unpaired) electrons. The molecule has 12 heterocycles. The summed E-state index contributed by atoms with van der Waals surface area (Å²) in [5.41, 5.74) is 17.6. The van der Waals surface area contributed by atoms with Crippen LogP contribution in [0, 0.1) is 0 Å². The summed E-state index contributed by atoms with van der Waals surface area (Å²) in [4.78, 5) is 110. The van der Waals surface area contributed by atoms with Crippen molar-refractivity contribution in [2.24, 2.45) is 0 Å². The van der Waals surface area contributed by atoms with E-state index in [9.17, 15) is 14.4 Å². The summed E-state index contributed by atoms with van der Waals surface area (Å²) in [6.45, 7) is 1.50. The summed E-state index contributed by atoms with van der Waals surface area (Å²) in [5, 5.41) is 14.2. The van der Waals surface area contributed by atoms with Crippen molar-refractivity contribution in [3.8, 4) is 22.3 Å². The van der Waals surface area contributed by atoms with Gasteiger partial charge in [-0.15, -0.1) is 0 Å². The number of methoxy groups -OCH3 is 2. The maximum atomic E-state index is 11.8. The van der Waals surface area contributed by atoms with E-state index in [2.05, 4.69) is 196 Å². The van der Waals surface area contributed by atoms with Crippen LogP contribution in [0.3, 0.4) is 0 Å². The summed E-state index contributed by atoms with van der Waals surface area (Å²) in [6.07, 6.45) is 37.1. The molecule has 0 fully saturated rings. The summed E-state index contributed by atoms with van der Waals surface area (Å²) in [6, 6.07) is 57.6. The highest BCUT2D eigenvalue weighted by atomic mass is 79.9. The number of hydroxylamine groups is 1. The number of fused-ring (bicyclic) bond motifs is 2. The average molecular weight is 1870 g/mol. The van der Waals surface area contributed by atoms with Crippen molar-refractivity contribution in [2.75, 3.05) is 40.0 Å². The van der Waals surface area contributed by atoms with Crippen molar-refractivity contribution in [3.05, 3.63) is 370 Å². The number of H-pyrrole nitrogens is 2. The fraction of sp³-hybridized carbons (Fsp3) is 0.0682. The van der Waals surface area contributed by atoms with Crippen molar-refractivity contribution < 1.29 is 29.1 Å². The minimum atomic E-state index is -0.555. The molecule has 0 saturated heterocycles. The Morgan fingerprint density at radius 2 is 0.744 bits per heavy atom. The molecule has 0 bridgehead atoms. The van der Waals surface area contributed by atoms with Gasteiger partial charge in [-0.25, -0.2) is 64.9 Å². The highest BCUT2D eigenvalue weighted by Crippen LogP contribution is 2.34. The Labute approximate surface area is 728 Å². The smallest absolute Gasteiger partial charge is 0.337 e. The number of rotatable bonds is 19. The average Bonchev–Trinajstić information content (AvgIpc) is 1.80. The van der Waals surface area contributed by atoms with Crippen molar-refractivity contribution in [3.63, 3.8) is 0 Å². The van der Waals surface area contributed by atoms with Gasteiger partial charge in [-0.2, -0.15) is 0 Å². The Balaban J connectivity index is 0.000000152. The summed E-state index contributed by atoms with van der Waals surface area (Å²) >= 11 is 13.3. The molecule has 29 nitrogen and oxygen atoms in total. The highest BCUT2D eigenvalue weighted by molar-refractivity contribution is 9.11. The number of esters is 2. The second-order valence-electron chi connectivity index (χ2n) is 25.2. The third-order valence-corrected chi connectivity index (χ3v) is 19.1. The number of hydrogen-bond acceptors (Lipinski definition) is 26. The maximum absolute atomic E-state index is 11.8. The van der Waals surface area contributed by atoms with Crippen LogP contribution < -0.4 is 31.2 Å². The number of hydrogen-bond donors (Lipinski definition) is 6. The van der Waals surface area contributed by atoms with E-state index in [1.165, 1.54) is 20.4 Å². The first-order chi connectivity index (χ1) is 58.6. The van der Waals surface area contributed by atoms with Crippen molar-refractivity contribution in [2.45, 2.75) is 27.1 Å². The first-order valence-corrected chi connectivity index (χ1v) is 39.4. The van der Waals surface area contributed by atoms with Gasteiger partial charge in [-0.3, -0.25) is 34.9 Å². The number of nitrogen functional groups attached to an aromatic ring is 1. The van der Waals surface area contributed by atoms with E-state index < -0.39 is 5.91 Å². The summed E-state index contributed by atoms with van der Waals surface area (Å²) in [5.74, 6) is 4.84. The Hall–Kier alpha value is -14.4. The van der Waals surface area contributed by atoms with Gasteiger partial charge in [0.15, 0.2) is 17.5 Å². The van der Waals surface area contributed by atoms with E-state index in [0.717, 1.165) is 102 Å². The number of anilines is 9. The minimum Gasteiger partial charge on any atom is -0.465 e. The Morgan fingerprint density at radius 3 is 1.11 bits per heavy atom. The second-order valence-corrected chi connectivity index (χ2v) is 28.7. The monoisotopic (exact) mass is 1870 g/mol. The van der Waals surface area contributed by atoms with Gasteiger partial charge in [0.05, 0.1) is 76.0 Å². The number of benzene rings is 5. The molecule has 0 aliphatic rings. The zero-order valence-electron chi connectivity index (χ0n) is 63.8. The molecule has 7 N–H and O–H groups in total. The molecule has 121 heavy (non-hydrogen) atoms. The van der Waals surface area contributed by atoms with Crippen LogP contribution in [0.1, 0.15) is 55.2 Å². The number of ether oxygens (including phenoxy) is 2. The Morgan fingerprint density at radius 1 is 0.372 bits per heavy atom. The van der Waals surface area contributed by atoms with E-state index >= 15 is 0 Å². The van der Waals surface area contributed by atoms with Gasteiger partial charge in [0.25, 0.3) is 5.91 Å². The number of amides is 1. The number of halogens is 4. The van der Waals surface area contributed by atoms with Crippen LogP contribution >= 0.6 is 63.7 Å². The zero-order valence-corrected chi connectivity index (χ0v) is 70.1. The molecule has 17 rings (SSSR count). The SMILES string of the molecule is Brc1ccnc(Br)c1.Brc1ccnc(Nc2cnccn2)c1.C.COC(=O)c1ccc(CN(c2cnccn2)c2cc(-c3ccc4[nH]ccc4c3)ccn2)cc1.COC(=O)c1ccc(CN(c2cnccn2)c2cc(Br)ccn2)cc1.Nc1cnccn1.O=C(NO)c1ccc(CN(c2cnccn2)c2cc(-c3ccc4[nH]ccc4c3)ccn2)cc1. The molecule has 33 heteroatoms. The second kappa shape index (κ2) is 44.8. The van der Waals surface area contributed by atoms with Crippen LogP contribution in [0.15, 0.2) is 336 Å². The highest BCUT2D eigenvalue weighted by Gasteiger charge is 2.20. The third kappa shape index (κ3) is 25.8. The van der Waals surface area contributed by atoms with Gasteiger partial charge in [-0.1, -0.05) is 104 Å². The predicted octanol–water partition coefficient (Wildman–Crippen LogP) is 19.1. The fourth-order valence-corrected chi connectivity index (χ4v) is 13.1. The molecule has 0 atom stereocenters. The van der Waals surface area contributed by atoms with E-state index in [4.69, 9.17) is 20.4 Å². The van der Waals surface area contributed by atoms with Crippen LogP contribution in [0.5, 0.6) is 0 Å². The summed E-state index contributed by atoms with van der Waals surface area (Å²) in [7, 11) is 2.74. The lowest BCUT2D eigenvalue weighted by atomic mass is 10.0. The lowest BCUT2D eigenvalue weighted by molar-refractivity contribution is 0.0592. The van der Waals surface area contributed by atoms with Crippen molar-refractivity contribution in [1.29, 1.82) is 0 Å². The van der Waals surface area contributed by atoms with Crippen molar-refractivity contribution in [1.82, 2.24) is 90.2 Å². The number of aromatic amines is 2. The molecule has 0 saturated carbocycles. The lowest BCUT2D eigenvalue weighted by Gasteiger charge is -2.23. The van der Waals surface area contributed by atoms with E-state index in [1.807, 2.05) is 130 Å². The Kier molecular flexibility index (Phi) is 32.4.